The summed E-state index contributed by atoms with van der Waals surface area (Å²) < 4.78 is 23.5. The summed E-state index contributed by atoms with van der Waals surface area (Å²) in [4.78, 5) is 8.69. The second-order valence-corrected chi connectivity index (χ2v) is 6.55. The number of nitrogens with zero attached hydrogens (tertiary/aromatic N) is 3. The van der Waals surface area contributed by atoms with Crippen LogP contribution in [0.15, 0.2) is 23.2 Å². The third-order valence-corrected chi connectivity index (χ3v) is 4.25. The molecule has 0 aliphatic carbocycles. The summed E-state index contributed by atoms with van der Waals surface area (Å²) >= 11 is 0. The Morgan fingerprint density at radius 3 is 2.63 bits per heavy atom. The minimum atomic E-state index is -3.26. The molecule has 1 aliphatic heterocycles. The second-order valence-electron chi connectivity index (χ2n) is 4.56. The molecule has 2 rings (SSSR count). The maximum Gasteiger partial charge on any atom is 0.179 e. The highest BCUT2D eigenvalue weighted by atomic mass is 32.2. The van der Waals surface area contributed by atoms with Crippen molar-refractivity contribution in [3.63, 3.8) is 0 Å². The lowest BCUT2D eigenvalue weighted by atomic mass is 10.3. The van der Waals surface area contributed by atoms with E-state index >= 15 is 0 Å². The van der Waals surface area contributed by atoms with Gasteiger partial charge in [0.25, 0.3) is 0 Å². The quantitative estimate of drug-likeness (QED) is 0.742. The topological polar surface area (TPSA) is 53.5 Å². The van der Waals surface area contributed by atoms with Crippen molar-refractivity contribution in [1.82, 2.24) is 9.88 Å². The molecular weight excluding hydrogens is 262 g/mol. The first-order valence-electron chi connectivity index (χ1n) is 6.08. The van der Waals surface area contributed by atoms with Crippen molar-refractivity contribution < 1.29 is 8.42 Å². The maximum absolute atomic E-state index is 11.8. The van der Waals surface area contributed by atoms with Crippen LogP contribution in [0.25, 0.3) is 0 Å². The van der Waals surface area contributed by atoms with E-state index in [2.05, 4.69) is 15.8 Å². The molecule has 1 saturated heterocycles. The van der Waals surface area contributed by atoms with Gasteiger partial charge in [0.2, 0.25) is 0 Å². The van der Waals surface area contributed by atoms with Gasteiger partial charge in [-0.15, -0.1) is 6.42 Å². The zero-order valence-electron chi connectivity index (χ0n) is 10.9. The molecule has 1 fully saturated rings. The van der Waals surface area contributed by atoms with E-state index < -0.39 is 9.84 Å². The van der Waals surface area contributed by atoms with E-state index in [0.29, 0.717) is 17.3 Å². The summed E-state index contributed by atoms with van der Waals surface area (Å²) in [5, 5.41) is 0. The van der Waals surface area contributed by atoms with Crippen molar-refractivity contribution >= 4 is 15.7 Å². The number of aromatic nitrogens is 1. The van der Waals surface area contributed by atoms with Gasteiger partial charge in [-0.2, -0.15) is 0 Å². The Morgan fingerprint density at radius 2 is 2.05 bits per heavy atom. The first-order chi connectivity index (χ1) is 9.02. The molecule has 0 aromatic carbocycles. The Morgan fingerprint density at radius 1 is 1.37 bits per heavy atom. The van der Waals surface area contributed by atoms with Crippen LogP contribution in [0.1, 0.15) is 0 Å². The minimum Gasteiger partial charge on any atom is -0.353 e. The molecule has 19 heavy (non-hydrogen) atoms. The molecule has 0 spiro atoms. The molecule has 0 atom stereocenters. The first-order valence-corrected chi connectivity index (χ1v) is 7.97. The van der Waals surface area contributed by atoms with Crippen molar-refractivity contribution in [2.24, 2.45) is 0 Å². The summed E-state index contributed by atoms with van der Waals surface area (Å²) in [6.07, 6.45) is 8.12. The Balaban J connectivity index is 2.19. The lowest BCUT2D eigenvalue weighted by molar-refractivity contribution is 0.287. The lowest BCUT2D eigenvalue weighted by Gasteiger charge is -2.35. The van der Waals surface area contributed by atoms with Crippen molar-refractivity contribution in [3.8, 4) is 12.3 Å². The number of pyridine rings is 1. The highest BCUT2D eigenvalue weighted by Crippen LogP contribution is 2.23. The molecule has 102 valence electrons. The van der Waals surface area contributed by atoms with Crippen molar-refractivity contribution in [2.75, 3.05) is 43.9 Å². The van der Waals surface area contributed by atoms with Crippen molar-refractivity contribution in [1.29, 1.82) is 0 Å². The van der Waals surface area contributed by atoms with Gasteiger partial charge in [0.05, 0.1) is 6.54 Å². The molecule has 1 aliphatic rings. The average Bonchev–Trinajstić information content (AvgIpc) is 2.39. The maximum atomic E-state index is 11.8. The van der Waals surface area contributed by atoms with Gasteiger partial charge in [0.15, 0.2) is 9.84 Å². The smallest absolute Gasteiger partial charge is 0.179 e. The van der Waals surface area contributed by atoms with E-state index in [0.717, 1.165) is 26.2 Å². The van der Waals surface area contributed by atoms with Crippen LogP contribution in [-0.4, -0.2) is 57.3 Å². The first kappa shape index (κ1) is 13.8. The number of anilines is 1. The van der Waals surface area contributed by atoms with E-state index in [1.165, 1.54) is 6.26 Å². The molecule has 0 amide bonds. The normalized spacial score (nSPS) is 17.2. The summed E-state index contributed by atoms with van der Waals surface area (Å²) in [6.45, 7) is 3.76. The van der Waals surface area contributed by atoms with Gasteiger partial charge >= 0.3 is 0 Å². The van der Waals surface area contributed by atoms with Gasteiger partial charge in [-0.1, -0.05) is 5.92 Å². The summed E-state index contributed by atoms with van der Waals surface area (Å²) in [6, 6.07) is 3.25. The number of hydrogen-bond acceptors (Lipinski definition) is 5. The van der Waals surface area contributed by atoms with Gasteiger partial charge in [0, 0.05) is 38.6 Å². The van der Waals surface area contributed by atoms with Crippen LogP contribution in [0, 0.1) is 12.3 Å². The zero-order valence-corrected chi connectivity index (χ0v) is 11.7. The molecule has 1 aromatic heterocycles. The van der Waals surface area contributed by atoms with Gasteiger partial charge in [0.1, 0.15) is 10.7 Å². The molecule has 0 N–H and O–H groups in total. The summed E-state index contributed by atoms with van der Waals surface area (Å²) in [7, 11) is -3.26. The Hall–Kier alpha value is -1.58. The molecule has 0 radical (unpaired) electrons. The van der Waals surface area contributed by atoms with Crippen LogP contribution >= 0.6 is 0 Å². The molecule has 1 aromatic rings. The summed E-state index contributed by atoms with van der Waals surface area (Å²) in [5.74, 6) is 3.17. The van der Waals surface area contributed by atoms with Crippen LogP contribution in [0.2, 0.25) is 0 Å². The van der Waals surface area contributed by atoms with Gasteiger partial charge in [-0.05, 0) is 12.1 Å². The molecule has 0 bridgehead atoms. The molecular formula is C13H17N3O2S. The fraction of sp³-hybridized carbons (Fsp3) is 0.462. The SMILES string of the molecule is C#CCN1CCN(c2ncccc2S(C)(=O)=O)CC1. The molecule has 6 heteroatoms. The van der Waals surface area contributed by atoms with Crippen LogP contribution in [0.5, 0.6) is 0 Å². The zero-order chi connectivity index (χ0) is 13.9. The number of sulfone groups is 1. The third kappa shape index (κ3) is 3.25. The highest BCUT2D eigenvalue weighted by Gasteiger charge is 2.22. The predicted molar refractivity (Wildman–Crippen MR) is 74.8 cm³/mol. The molecule has 0 saturated carbocycles. The van der Waals surface area contributed by atoms with Crippen LogP contribution in [0.4, 0.5) is 5.82 Å². The van der Waals surface area contributed by atoms with Crippen molar-refractivity contribution in [3.05, 3.63) is 18.3 Å². The molecule has 2 heterocycles. The monoisotopic (exact) mass is 279 g/mol. The van der Waals surface area contributed by atoms with Gasteiger partial charge < -0.3 is 4.90 Å². The predicted octanol–water partition coefficient (Wildman–Crippen LogP) is 0.240. The van der Waals surface area contributed by atoms with E-state index in [-0.39, 0.29) is 0 Å². The average molecular weight is 279 g/mol. The number of terminal acetylenes is 1. The highest BCUT2D eigenvalue weighted by molar-refractivity contribution is 7.90. The lowest BCUT2D eigenvalue weighted by Crippen LogP contribution is -2.47. The molecule has 5 nitrogen and oxygen atoms in total. The number of piperazine rings is 1. The Bertz CT molecular complexity index is 584. The van der Waals surface area contributed by atoms with Crippen LogP contribution in [0.3, 0.4) is 0 Å². The largest absolute Gasteiger partial charge is 0.353 e. The van der Waals surface area contributed by atoms with Crippen LogP contribution < -0.4 is 4.90 Å². The number of rotatable bonds is 3. The third-order valence-electron chi connectivity index (χ3n) is 3.14. The van der Waals surface area contributed by atoms with Crippen LogP contribution in [-0.2, 0) is 9.84 Å². The Labute approximate surface area is 114 Å². The van der Waals surface area contributed by atoms with Gasteiger partial charge in [-0.25, -0.2) is 13.4 Å². The Kier molecular flexibility index (Phi) is 4.08. The standard InChI is InChI=1S/C13H17N3O2S/c1-3-7-15-8-10-16(11-9-15)13-12(19(2,17)18)5-4-6-14-13/h1,4-6H,7-11H2,2H3. The van der Waals surface area contributed by atoms with E-state index in [9.17, 15) is 8.42 Å². The van der Waals surface area contributed by atoms with Gasteiger partial charge in [-0.3, -0.25) is 4.90 Å². The van der Waals surface area contributed by atoms with E-state index in [1.54, 1.807) is 18.3 Å². The second kappa shape index (κ2) is 5.59. The fourth-order valence-corrected chi connectivity index (χ4v) is 3.00. The fourth-order valence-electron chi connectivity index (χ4n) is 2.16. The minimum absolute atomic E-state index is 0.292. The summed E-state index contributed by atoms with van der Waals surface area (Å²) in [5.41, 5.74) is 0. The van der Waals surface area contributed by atoms with E-state index in [4.69, 9.17) is 6.42 Å². The van der Waals surface area contributed by atoms with Crippen molar-refractivity contribution in [2.45, 2.75) is 4.90 Å². The molecule has 0 unspecified atom stereocenters. The van der Waals surface area contributed by atoms with E-state index in [1.807, 2.05) is 4.90 Å². The number of hydrogen-bond donors (Lipinski definition) is 0.